The first kappa shape index (κ1) is 18.0. The molecule has 2 rings (SSSR count). The number of rotatable bonds is 3. The fraction of sp³-hybridized carbons (Fsp3) is 0.143. The average molecular weight is 339 g/mol. The zero-order chi connectivity index (χ0) is 16.4. The first-order valence-electron chi connectivity index (χ1n) is 6.28. The van der Waals surface area contributed by atoms with Gasteiger partial charge in [0, 0.05) is 18.1 Å². The van der Waals surface area contributed by atoms with E-state index in [0.717, 1.165) is 11.3 Å². The molecule has 3 N–H and O–H groups in total. The highest BCUT2D eigenvalue weighted by Gasteiger charge is 2.04. The van der Waals surface area contributed by atoms with Crippen LogP contribution in [0.3, 0.4) is 0 Å². The summed E-state index contributed by atoms with van der Waals surface area (Å²) in [6.45, 7) is 1.96. The van der Waals surface area contributed by atoms with Gasteiger partial charge in [0.1, 0.15) is 5.88 Å². The van der Waals surface area contributed by atoms with Crippen molar-refractivity contribution in [2.75, 3.05) is 11.2 Å². The van der Waals surface area contributed by atoms with Gasteiger partial charge >= 0.3 is 0 Å². The number of nitrogens with one attached hydrogen (secondary N) is 2. The van der Waals surface area contributed by atoms with Gasteiger partial charge in [0.05, 0.1) is 0 Å². The first-order chi connectivity index (χ1) is 10.4. The fourth-order valence-electron chi connectivity index (χ4n) is 1.28. The third kappa shape index (κ3) is 9.01. The van der Waals surface area contributed by atoms with Gasteiger partial charge in [0.15, 0.2) is 5.11 Å². The minimum Gasteiger partial charge on any atom is -0.347 e. The lowest BCUT2D eigenvalue weighted by Gasteiger charge is -2.09. The topological polar surface area (TPSA) is 91.3 Å². The number of thiocarbonyl (C=S) groups is 1. The molecule has 0 amide bonds. The van der Waals surface area contributed by atoms with Gasteiger partial charge in [-0.05, 0) is 43.4 Å². The molecule has 8 heteroatoms. The molecule has 0 atom stereocenters. The molecule has 0 radical (unpaired) electrons. The van der Waals surface area contributed by atoms with Gasteiger partial charge in [-0.3, -0.25) is 9.54 Å². The van der Waals surface area contributed by atoms with Crippen molar-refractivity contribution >= 4 is 33.1 Å². The minimum atomic E-state index is -4.06. The Balaban J connectivity index is 0.000000335. The molecule has 118 valence electrons. The van der Waals surface area contributed by atoms with Crippen LogP contribution in [0.25, 0.3) is 0 Å². The molecule has 1 aromatic heterocycles. The SMILES string of the molecule is Cc1ccc(NC(=S)NCS(=O)(=O)O)cc1.c1ccncc1. The lowest BCUT2D eigenvalue weighted by molar-refractivity contribution is 0.481. The number of hydrogen-bond acceptors (Lipinski definition) is 4. The highest BCUT2D eigenvalue weighted by molar-refractivity contribution is 7.86. The van der Waals surface area contributed by atoms with E-state index in [0.29, 0.717) is 0 Å². The van der Waals surface area contributed by atoms with Crippen molar-refractivity contribution in [2.45, 2.75) is 6.92 Å². The molecule has 1 aromatic carbocycles. The Bertz CT molecular complexity index is 648. The van der Waals surface area contributed by atoms with Crippen LogP contribution in [-0.4, -0.2) is 28.9 Å². The highest BCUT2D eigenvalue weighted by atomic mass is 32.2. The van der Waals surface area contributed by atoms with E-state index < -0.39 is 16.0 Å². The second-order valence-electron chi connectivity index (χ2n) is 4.25. The third-order valence-electron chi connectivity index (χ3n) is 2.29. The number of hydrogen-bond donors (Lipinski definition) is 3. The van der Waals surface area contributed by atoms with Crippen LogP contribution in [0.2, 0.25) is 0 Å². The molecule has 0 fully saturated rings. The molecular weight excluding hydrogens is 322 g/mol. The molecule has 0 aliphatic carbocycles. The number of benzene rings is 1. The van der Waals surface area contributed by atoms with E-state index in [2.05, 4.69) is 15.6 Å². The smallest absolute Gasteiger partial charge is 0.283 e. The maximum atomic E-state index is 10.4. The Morgan fingerprint density at radius 2 is 1.77 bits per heavy atom. The van der Waals surface area contributed by atoms with Crippen LogP contribution < -0.4 is 10.6 Å². The van der Waals surface area contributed by atoms with E-state index in [1.165, 1.54) is 0 Å². The van der Waals surface area contributed by atoms with Crippen molar-refractivity contribution in [2.24, 2.45) is 0 Å². The average Bonchev–Trinajstić information content (AvgIpc) is 2.49. The van der Waals surface area contributed by atoms with Gasteiger partial charge in [-0.25, -0.2) is 0 Å². The number of nitrogens with zero attached hydrogens (tertiary/aromatic N) is 1. The summed E-state index contributed by atoms with van der Waals surface area (Å²) >= 11 is 4.84. The predicted molar refractivity (Wildman–Crippen MR) is 91.2 cm³/mol. The van der Waals surface area contributed by atoms with Crippen LogP contribution >= 0.6 is 12.2 Å². The van der Waals surface area contributed by atoms with E-state index in [4.69, 9.17) is 16.8 Å². The van der Waals surface area contributed by atoms with Crippen molar-refractivity contribution in [3.05, 3.63) is 60.4 Å². The second-order valence-corrected chi connectivity index (χ2v) is 6.11. The molecule has 0 bridgehead atoms. The largest absolute Gasteiger partial charge is 0.347 e. The van der Waals surface area contributed by atoms with Gasteiger partial charge in [-0.1, -0.05) is 23.8 Å². The molecule has 0 aliphatic rings. The van der Waals surface area contributed by atoms with Crippen molar-refractivity contribution in [1.82, 2.24) is 10.3 Å². The normalized spacial score (nSPS) is 10.1. The molecule has 0 saturated heterocycles. The fourth-order valence-corrected chi connectivity index (χ4v) is 1.89. The second kappa shape index (κ2) is 9.08. The summed E-state index contributed by atoms with van der Waals surface area (Å²) in [7, 11) is -4.06. The monoisotopic (exact) mass is 339 g/mol. The van der Waals surface area contributed by atoms with E-state index in [-0.39, 0.29) is 5.11 Å². The van der Waals surface area contributed by atoms with E-state index in [1.807, 2.05) is 49.4 Å². The lowest BCUT2D eigenvalue weighted by Crippen LogP contribution is -2.32. The van der Waals surface area contributed by atoms with Crippen molar-refractivity contribution in [3.63, 3.8) is 0 Å². The number of anilines is 1. The zero-order valence-corrected chi connectivity index (χ0v) is 13.6. The molecule has 1 heterocycles. The maximum Gasteiger partial charge on any atom is 0.283 e. The van der Waals surface area contributed by atoms with Crippen LogP contribution in [0.1, 0.15) is 5.56 Å². The Kier molecular flexibility index (Phi) is 7.44. The Morgan fingerprint density at radius 1 is 1.18 bits per heavy atom. The highest BCUT2D eigenvalue weighted by Crippen LogP contribution is 2.07. The lowest BCUT2D eigenvalue weighted by atomic mass is 10.2. The first-order valence-corrected chi connectivity index (χ1v) is 8.30. The molecule has 0 unspecified atom stereocenters. The van der Waals surface area contributed by atoms with E-state index in [9.17, 15) is 8.42 Å². The molecule has 0 aliphatic heterocycles. The molecular formula is C14H17N3O3S2. The summed E-state index contributed by atoms with van der Waals surface area (Å²) in [5.41, 5.74) is 1.86. The van der Waals surface area contributed by atoms with Gasteiger partial charge in [0.25, 0.3) is 10.1 Å². The van der Waals surface area contributed by atoms with Crippen molar-refractivity contribution < 1.29 is 13.0 Å². The number of pyridine rings is 1. The summed E-state index contributed by atoms with van der Waals surface area (Å²) in [5.74, 6) is -0.606. The third-order valence-corrected chi connectivity index (χ3v) is 3.05. The Morgan fingerprint density at radius 3 is 2.18 bits per heavy atom. The molecule has 6 nitrogen and oxygen atoms in total. The van der Waals surface area contributed by atoms with Crippen LogP contribution in [0.5, 0.6) is 0 Å². The molecule has 0 saturated carbocycles. The predicted octanol–water partition coefficient (Wildman–Crippen LogP) is 2.21. The number of aromatic nitrogens is 1. The zero-order valence-electron chi connectivity index (χ0n) is 11.9. The van der Waals surface area contributed by atoms with Gasteiger partial charge in [-0.15, -0.1) is 0 Å². The van der Waals surface area contributed by atoms with Crippen LogP contribution in [0, 0.1) is 6.92 Å². The summed E-state index contributed by atoms with van der Waals surface area (Å²) in [5, 5.41) is 5.29. The van der Waals surface area contributed by atoms with Gasteiger partial charge in [-0.2, -0.15) is 8.42 Å². The van der Waals surface area contributed by atoms with Crippen molar-refractivity contribution in [3.8, 4) is 0 Å². The summed E-state index contributed by atoms with van der Waals surface area (Å²) < 4.78 is 29.4. The van der Waals surface area contributed by atoms with Gasteiger partial charge in [0.2, 0.25) is 0 Å². The maximum absolute atomic E-state index is 10.4. The van der Waals surface area contributed by atoms with Crippen LogP contribution in [-0.2, 0) is 10.1 Å². The minimum absolute atomic E-state index is 0.140. The Hall–Kier alpha value is -2.03. The quantitative estimate of drug-likeness (QED) is 0.583. The molecule has 2 aromatic rings. The molecule has 0 spiro atoms. The van der Waals surface area contributed by atoms with Crippen LogP contribution in [0.15, 0.2) is 54.9 Å². The summed E-state index contributed by atoms with van der Waals surface area (Å²) in [6.07, 6.45) is 3.50. The van der Waals surface area contributed by atoms with Crippen LogP contribution in [0.4, 0.5) is 5.69 Å². The van der Waals surface area contributed by atoms with E-state index >= 15 is 0 Å². The Labute approximate surface area is 135 Å². The summed E-state index contributed by atoms with van der Waals surface area (Å²) in [4.78, 5) is 3.78. The number of aryl methyl sites for hydroxylation is 1. The van der Waals surface area contributed by atoms with E-state index in [1.54, 1.807) is 12.4 Å². The summed E-state index contributed by atoms with van der Waals surface area (Å²) in [6, 6.07) is 13.1. The van der Waals surface area contributed by atoms with Gasteiger partial charge < -0.3 is 10.6 Å². The standard InChI is InChI=1S/C9H12N2O3S2.C5H5N/c1-7-2-4-8(5-3-7)11-9(15)10-6-16(12,13)14;1-2-4-6-5-3-1/h2-5H,6H2,1H3,(H2,10,11,15)(H,12,13,14);1-5H. The van der Waals surface area contributed by atoms with Crippen molar-refractivity contribution in [1.29, 1.82) is 0 Å². The molecule has 22 heavy (non-hydrogen) atoms.